The Labute approximate surface area is 104 Å². The lowest BCUT2D eigenvalue weighted by Crippen LogP contribution is -2.40. The Morgan fingerprint density at radius 2 is 2.12 bits per heavy atom. The first-order chi connectivity index (χ1) is 8.18. The Hall–Kier alpha value is -0.860. The fourth-order valence-electron chi connectivity index (χ4n) is 3.23. The van der Waals surface area contributed by atoms with Crippen molar-refractivity contribution < 1.29 is 5.11 Å². The summed E-state index contributed by atoms with van der Waals surface area (Å²) < 4.78 is 0. The molecule has 3 N–H and O–H groups in total. The van der Waals surface area contributed by atoms with Crippen LogP contribution in [0, 0.1) is 11.3 Å². The van der Waals surface area contributed by atoms with E-state index in [2.05, 4.69) is 6.92 Å². The third-order valence-electron chi connectivity index (χ3n) is 4.23. The molecule has 3 unspecified atom stereocenters. The average molecular weight is 233 g/mol. The second-order valence-corrected chi connectivity index (χ2v) is 5.58. The SMILES string of the molecule is CC1CCCC(CN)(C(O)c2ccccc2)C1. The average Bonchev–Trinajstić information content (AvgIpc) is 2.38. The third-order valence-corrected chi connectivity index (χ3v) is 4.23. The molecule has 94 valence electrons. The molecule has 3 atom stereocenters. The van der Waals surface area contributed by atoms with Crippen molar-refractivity contribution in [3.8, 4) is 0 Å². The van der Waals surface area contributed by atoms with Gasteiger partial charge in [0.1, 0.15) is 0 Å². The molecular weight excluding hydrogens is 210 g/mol. The van der Waals surface area contributed by atoms with Gasteiger partial charge >= 0.3 is 0 Å². The molecule has 0 heterocycles. The maximum absolute atomic E-state index is 10.6. The van der Waals surface area contributed by atoms with E-state index >= 15 is 0 Å². The van der Waals surface area contributed by atoms with Crippen LogP contribution in [-0.4, -0.2) is 11.7 Å². The van der Waals surface area contributed by atoms with Crippen molar-refractivity contribution in [3.63, 3.8) is 0 Å². The van der Waals surface area contributed by atoms with Crippen LogP contribution in [0.25, 0.3) is 0 Å². The van der Waals surface area contributed by atoms with E-state index in [0.717, 1.165) is 18.4 Å². The molecule has 1 aliphatic carbocycles. The van der Waals surface area contributed by atoms with Crippen LogP contribution in [0.15, 0.2) is 30.3 Å². The second-order valence-electron chi connectivity index (χ2n) is 5.58. The summed E-state index contributed by atoms with van der Waals surface area (Å²) in [6, 6.07) is 9.95. The van der Waals surface area contributed by atoms with E-state index < -0.39 is 6.10 Å². The highest BCUT2D eigenvalue weighted by Crippen LogP contribution is 2.47. The fraction of sp³-hybridized carbons (Fsp3) is 0.600. The van der Waals surface area contributed by atoms with Crippen LogP contribution in [0.4, 0.5) is 0 Å². The van der Waals surface area contributed by atoms with Gasteiger partial charge in [-0.2, -0.15) is 0 Å². The van der Waals surface area contributed by atoms with Crippen LogP contribution in [-0.2, 0) is 0 Å². The molecule has 1 saturated carbocycles. The van der Waals surface area contributed by atoms with Gasteiger partial charge < -0.3 is 10.8 Å². The zero-order valence-electron chi connectivity index (χ0n) is 10.6. The number of nitrogens with two attached hydrogens (primary N) is 1. The highest BCUT2D eigenvalue weighted by Gasteiger charge is 2.40. The molecule has 1 fully saturated rings. The second kappa shape index (κ2) is 5.19. The Balaban J connectivity index is 2.23. The summed E-state index contributed by atoms with van der Waals surface area (Å²) in [6.45, 7) is 2.84. The molecule has 0 spiro atoms. The van der Waals surface area contributed by atoms with Gasteiger partial charge in [-0.1, -0.05) is 50.1 Å². The van der Waals surface area contributed by atoms with E-state index in [0.29, 0.717) is 12.5 Å². The quantitative estimate of drug-likeness (QED) is 0.843. The molecule has 1 aromatic carbocycles. The standard InChI is InChI=1S/C15H23NO/c1-12-6-5-9-15(10-12,11-16)14(17)13-7-3-2-4-8-13/h2-4,7-8,12,14,17H,5-6,9-11,16H2,1H3. The normalized spacial score (nSPS) is 31.1. The van der Waals surface area contributed by atoms with Crippen molar-refractivity contribution in [1.82, 2.24) is 0 Å². The number of aliphatic hydroxyl groups is 1. The zero-order valence-corrected chi connectivity index (χ0v) is 10.6. The molecule has 17 heavy (non-hydrogen) atoms. The lowest BCUT2D eigenvalue weighted by molar-refractivity contribution is -0.0130. The van der Waals surface area contributed by atoms with Gasteiger partial charge in [0.25, 0.3) is 0 Å². The number of aliphatic hydroxyl groups excluding tert-OH is 1. The summed E-state index contributed by atoms with van der Waals surface area (Å²) in [5.41, 5.74) is 6.87. The molecule has 2 nitrogen and oxygen atoms in total. The molecular formula is C15H23NO. The van der Waals surface area contributed by atoms with E-state index in [1.54, 1.807) is 0 Å². The summed E-state index contributed by atoms with van der Waals surface area (Å²) in [4.78, 5) is 0. The zero-order chi connectivity index (χ0) is 12.3. The van der Waals surface area contributed by atoms with Crippen molar-refractivity contribution in [2.24, 2.45) is 17.1 Å². The van der Waals surface area contributed by atoms with E-state index in [1.807, 2.05) is 30.3 Å². The minimum absolute atomic E-state index is 0.112. The van der Waals surface area contributed by atoms with Crippen LogP contribution < -0.4 is 5.73 Å². The molecule has 2 heteroatoms. The predicted octanol–water partition coefficient (Wildman–Crippen LogP) is 2.88. The molecule has 0 aromatic heterocycles. The summed E-state index contributed by atoms with van der Waals surface area (Å²) in [5, 5.41) is 10.6. The Morgan fingerprint density at radius 3 is 2.71 bits per heavy atom. The maximum atomic E-state index is 10.6. The lowest BCUT2D eigenvalue weighted by atomic mass is 9.65. The van der Waals surface area contributed by atoms with E-state index in [9.17, 15) is 5.11 Å². The van der Waals surface area contributed by atoms with Crippen molar-refractivity contribution >= 4 is 0 Å². The number of hydrogen-bond acceptors (Lipinski definition) is 2. The Kier molecular flexibility index (Phi) is 3.85. The lowest BCUT2D eigenvalue weighted by Gasteiger charge is -2.43. The molecule has 1 aromatic rings. The summed E-state index contributed by atoms with van der Waals surface area (Å²) in [6.07, 6.45) is 4.12. The summed E-state index contributed by atoms with van der Waals surface area (Å²) in [7, 11) is 0. The van der Waals surface area contributed by atoms with E-state index in [1.165, 1.54) is 12.8 Å². The number of benzene rings is 1. The Morgan fingerprint density at radius 1 is 1.41 bits per heavy atom. The van der Waals surface area contributed by atoms with Gasteiger partial charge in [0, 0.05) is 12.0 Å². The van der Waals surface area contributed by atoms with Gasteiger partial charge in [-0.25, -0.2) is 0 Å². The maximum Gasteiger partial charge on any atom is 0.0858 e. The highest BCUT2D eigenvalue weighted by molar-refractivity contribution is 5.20. The van der Waals surface area contributed by atoms with Crippen molar-refractivity contribution in [2.75, 3.05) is 6.54 Å². The van der Waals surface area contributed by atoms with Gasteiger partial charge in [-0.15, -0.1) is 0 Å². The van der Waals surface area contributed by atoms with E-state index in [-0.39, 0.29) is 5.41 Å². The molecule has 0 amide bonds. The molecule has 2 rings (SSSR count). The minimum Gasteiger partial charge on any atom is -0.388 e. The van der Waals surface area contributed by atoms with Crippen LogP contribution in [0.3, 0.4) is 0 Å². The van der Waals surface area contributed by atoms with Gasteiger partial charge in [0.2, 0.25) is 0 Å². The third kappa shape index (κ3) is 2.53. The fourth-order valence-corrected chi connectivity index (χ4v) is 3.23. The minimum atomic E-state index is -0.420. The molecule has 0 aliphatic heterocycles. The molecule has 0 bridgehead atoms. The predicted molar refractivity (Wildman–Crippen MR) is 70.5 cm³/mol. The number of rotatable bonds is 3. The summed E-state index contributed by atoms with van der Waals surface area (Å²) >= 11 is 0. The smallest absolute Gasteiger partial charge is 0.0858 e. The first-order valence-corrected chi connectivity index (χ1v) is 6.61. The Bertz CT molecular complexity index is 351. The van der Waals surface area contributed by atoms with Crippen molar-refractivity contribution in [2.45, 2.75) is 38.7 Å². The van der Waals surface area contributed by atoms with Gasteiger partial charge in [-0.05, 0) is 24.3 Å². The first-order valence-electron chi connectivity index (χ1n) is 6.61. The van der Waals surface area contributed by atoms with Gasteiger partial charge in [0.15, 0.2) is 0 Å². The number of hydrogen-bond donors (Lipinski definition) is 2. The summed E-state index contributed by atoms with van der Waals surface area (Å²) in [5.74, 6) is 0.672. The van der Waals surface area contributed by atoms with Gasteiger partial charge in [0.05, 0.1) is 6.10 Å². The molecule has 1 aliphatic rings. The highest BCUT2D eigenvalue weighted by atomic mass is 16.3. The van der Waals surface area contributed by atoms with Crippen LogP contribution >= 0.6 is 0 Å². The van der Waals surface area contributed by atoms with Crippen molar-refractivity contribution in [1.29, 1.82) is 0 Å². The van der Waals surface area contributed by atoms with Crippen molar-refractivity contribution in [3.05, 3.63) is 35.9 Å². The van der Waals surface area contributed by atoms with Gasteiger partial charge in [-0.3, -0.25) is 0 Å². The first kappa shape index (κ1) is 12.6. The molecule has 0 radical (unpaired) electrons. The van der Waals surface area contributed by atoms with Crippen LogP contribution in [0.5, 0.6) is 0 Å². The molecule has 0 saturated heterocycles. The van der Waals surface area contributed by atoms with Crippen LogP contribution in [0.1, 0.15) is 44.3 Å². The monoisotopic (exact) mass is 233 g/mol. The van der Waals surface area contributed by atoms with E-state index in [4.69, 9.17) is 5.73 Å². The largest absolute Gasteiger partial charge is 0.388 e. The van der Waals surface area contributed by atoms with Crippen LogP contribution in [0.2, 0.25) is 0 Å². The topological polar surface area (TPSA) is 46.2 Å².